The van der Waals surface area contributed by atoms with Gasteiger partial charge in [-0.25, -0.2) is 9.97 Å². The number of piperazine rings is 1. The Kier molecular flexibility index (Phi) is 5.88. The van der Waals surface area contributed by atoms with Crippen LogP contribution in [0, 0.1) is 6.92 Å². The van der Waals surface area contributed by atoms with Crippen LogP contribution in [-0.4, -0.2) is 72.1 Å². The number of benzene rings is 1. The number of ether oxygens (including phenoxy) is 2. The summed E-state index contributed by atoms with van der Waals surface area (Å²) in [7, 11) is 1.64. The van der Waals surface area contributed by atoms with E-state index in [1.165, 1.54) is 0 Å². The van der Waals surface area contributed by atoms with Crippen LogP contribution in [0.2, 0.25) is 0 Å². The molecule has 7 heteroatoms. The molecule has 0 aliphatic carbocycles. The summed E-state index contributed by atoms with van der Waals surface area (Å²) in [6, 6.07) is 3.84. The van der Waals surface area contributed by atoms with E-state index in [0.717, 1.165) is 55.7 Å². The van der Waals surface area contributed by atoms with E-state index in [1.54, 1.807) is 20.4 Å². The minimum atomic E-state index is 0.162. The Labute approximate surface area is 153 Å². The minimum absolute atomic E-state index is 0.162. The Morgan fingerprint density at radius 2 is 1.92 bits per heavy atom. The molecular formula is C19H26N4O3. The largest absolute Gasteiger partial charge is 0.493 e. The number of rotatable bonds is 6. The molecule has 26 heavy (non-hydrogen) atoms. The molecule has 1 amide bonds. The first-order chi connectivity index (χ1) is 12.6. The summed E-state index contributed by atoms with van der Waals surface area (Å²) in [5.41, 5.74) is 1.78. The van der Waals surface area contributed by atoms with Gasteiger partial charge in [0.15, 0.2) is 11.5 Å². The van der Waals surface area contributed by atoms with Gasteiger partial charge in [0.25, 0.3) is 0 Å². The van der Waals surface area contributed by atoms with Gasteiger partial charge in [0.1, 0.15) is 6.33 Å². The molecule has 0 bridgehead atoms. The van der Waals surface area contributed by atoms with Crippen LogP contribution in [-0.2, 0) is 4.79 Å². The Morgan fingerprint density at radius 1 is 1.15 bits per heavy atom. The number of amides is 1. The SMILES string of the molecule is COc1cc2c(C)ncnc2cc1OCCCN1CCN(C(C)=O)CC1. The number of aromatic nitrogens is 2. The van der Waals surface area contributed by atoms with Gasteiger partial charge in [-0.15, -0.1) is 0 Å². The Morgan fingerprint density at radius 3 is 2.62 bits per heavy atom. The first kappa shape index (κ1) is 18.4. The highest BCUT2D eigenvalue weighted by Crippen LogP contribution is 2.32. The highest BCUT2D eigenvalue weighted by atomic mass is 16.5. The summed E-state index contributed by atoms with van der Waals surface area (Å²) in [6.07, 6.45) is 2.48. The van der Waals surface area contributed by atoms with Gasteiger partial charge in [-0.1, -0.05) is 0 Å². The summed E-state index contributed by atoms with van der Waals surface area (Å²) in [5.74, 6) is 1.57. The second kappa shape index (κ2) is 8.31. The van der Waals surface area contributed by atoms with E-state index in [9.17, 15) is 4.79 Å². The summed E-state index contributed by atoms with van der Waals surface area (Å²) in [6.45, 7) is 8.64. The van der Waals surface area contributed by atoms with Crippen molar-refractivity contribution in [1.29, 1.82) is 0 Å². The van der Waals surface area contributed by atoms with Crippen LogP contribution >= 0.6 is 0 Å². The molecule has 0 N–H and O–H groups in total. The number of nitrogens with zero attached hydrogens (tertiary/aromatic N) is 4. The lowest BCUT2D eigenvalue weighted by Gasteiger charge is -2.34. The molecule has 0 saturated carbocycles. The third kappa shape index (κ3) is 4.22. The quantitative estimate of drug-likeness (QED) is 0.735. The van der Waals surface area contributed by atoms with Gasteiger partial charge in [-0.3, -0.25) is 9.69 Å². The van der Waals surface area contributed by atoms with Crippen LogP contribution in [0.15, 0.2) is 18.5 Å². The molecule has 7 nitrogen and oxygen atoms in total. The molecule has 1 aromatic heterocycles. The number of methoxy groups -OCH3 is 1. The molecule has 1 aromatic carbocycles. The van der Waals surface area contributed by atoms with E-state index in [-0.39, 0.29) is 5.91 Å². The molecule has 0 atom stereocenters. The van der Waals surface area contributed by atoms with Crippen LogP contribution in [0.3, 0.4) is 0 Å². The van der Waals surface area contributed by atoms with Crippen LogP contribution in [0.1, 0.15) is 19.0 Å². The fourth-order valence-corrected chi connectivity index (χ4v) is 3.22. The maximum atomic E-state index is 11.4. The Balaban J connectivity index is 1.53. The van der Waals surface area contributed by atoms with Gasteiger partial charge in [0.2, 0.25) is 5.91 Å². The van der Waals surface area contributed by atoms with Crippen molar-refractivity contribution in [3.63, 3.8) is 0 Å². The third-order valence-electron chi connectivity index (χ3n) is 4.81. The molecule has 3 rings (SSSR count). The summed E-state index contributed by atoms with van der Waals surface area (Å²) < 4.78 is 11.4. The number of carbonyl (C=O) groups excluding carboxylic acids is 1. The van der Waals surface area contributed by atoms with Crippen molar-refractivity contribution in [2.45, 2.75) is 20.3 Å². The fourth-order valence-electron chi connectivity index (χ4n) is 3.22. The average molecular weight is 358 g/mol. The molecule has 1 aliphatic heterocycles. The second-order valence-electron chi connectivity index (χ2n) is 6.53. The molecule has 140 valence electrons. The zero-order valence-electron chi connectivity index (χ0n) is 15.7. The Hall–Kier alpha value is -2.41. The normalized spacial score (nSPS) is 15.3. The van der Waals surface area contributed by atoms with E-state index < -0.39 is 0 Å². The number of carbonyl (C=O) groups is 1. The molecule has 0 unspecified atom stereocenters. The minimum Gasteiger partial charge on any atom is -0.493 e. The van der Waals surface area contributed by atoms with Crippen LogP contribution < -0.4 is 9.47 Å². The van der Waals surface area contributed by atoms with Crippen molar-refractivity contribution in [3.05, 3.63) is 24.2 Å². The predicted octanol–water partition coefficient (Wildman–Crippen LogP) is 1.88. The lowest BCUT2D eigenvalue weighted by molar-refractivity contribution is -0.130. The highest BCUT2D eigenvalue weighted by Gasteiger charge is 2.18. The first-order valence-electron chi connectivity index (χ1n) is 8.98. The van der Waals surface area contributed by atoms with Crippen LogP contribution in [0.4, 0.5) is 0 Å². The maximum Gasteiger partial charge on any atom is 0.219 e. The molecule has 0 spiro atoms. The third-order valence-corrected chi connectivity index (χ3v) is 4.81. The Bertz CT molecular complexity index is 773. The predicted molar refractivity (Wildman–Crippen MR) is 99.6 cm³/mol. The zero-order chi connectivity index (χ0) is 18.5. The number of fused-ring (bicyclic) bond motifs is 1. The molecule has 1 saturated heterocycles. The van der Waals surface area contributed by atoms with Gasteiger partial charge in [-0.05, 0) is 19.4 Å². The van der Waals surface area contributed by atoms with Crippen molar-refractivity contribution < 1.29 is 14.3 Å². The molecule has 1 aliphatic rings. The number of aryl methyl sites for hydroxylation is 1. The van der Waals surface area contributed by atoms with Gasteiger partial charge >= 0.3 is 0 Å². The first-order valence-corrected chi connectivity index (χ1v) is 8.98. The van der Waals surface area contributed by atoms with Crippen molar-refractivity contribution >= 4 is 16.8 Å². The molecule has 0 radical (unpaired) electrons. The van der Waals surface area contributed by atoms with E-state index in [2.05, 4.69) is 14.9 Å². The van der Waals surface area contributed by atoms with E-state index in [1.807, 2.05) is 24.0 Å². The molecule has 2 aromatic rings. The lowest BCUT2D eigenvalue weighted by Crippen LogP contribution is -2.48. The van der Waals surface area contributed by atoms with E-state index in [0.29, 0.717) is 18.1 Å². The average Bonchev–Trinajstić information content (AvgIpc) is 2.65. The van der Waals surface area contributed by atoms with E-state index >= 15 is 0 Å². The maximum absolute atomic E-state index is 11.4. The monoisotopic (exact) mass is 358 g/mol. The van der Waals surface area contributed by atoms with E-state index in [4.69, 9.17) is 9.47 Å². The van der Waals surface area contributed by atoms with Gasteiger partial charge in [-0.2, -0.15) is 0 Å². The lowest BCUT2D eigenvalue weighted by atomic mass is 10.2. The van der Waals surface area contributed by atoms with Crippen molar-refractivity contribution in [3.8, 4) is 11.5 Å². The topological polar surface area (TPSA) is 67.8 Å². The molecular weight excluding hydrogens is 332 g/mol. The fraction of sp³-hybridized carbons (Fsp3) is 0.526. The molecule has 2 heterocycles. The van der Waals surface area contributed by atoms with Gasteiger partial charge < -0.3 is 14.4 Å². The molecule has 1 fully saturated rings. The van der Waals surface area contributed by atoms with Gasteiger partial charge in [0.05, 0.1) is 19.2 Å². The summed E-state index contributed by atoms with van der Waals surface area (Å²) >= 11 is 0. The van der Waals surface area contributed by atoms with Crippen molar-refractivity contribution in [2.24, 2.45) is 0 Å². The smallest absolute Gasteiger partial charge is 0.219 e. The highest BCUT2D eigenvalue weighted by molar-refractivity contribution is 5.84. The summed E-state index contributed by atoms with van der Waals surface area (Å²) in [5, 5.41) is 0.972. The van der Waals surface area contributed by atoms with Crippen LogP contribution in [0.5, 0.6) is 11.5 Å². The van der Waals surface area contributed by atoms with Gasteiger partial charge in [0, 0.05) is 56.8 Å². The number of hydrogen-bond donors (Lipinski definition) is 0. The standard InChI is InChI=1S/C19H26N4O3/c1-14-16-11-18(25-3)19(12-17(16)21-13-20-14)26-10-4-5-22-6-8-23(9-7-22)15(2)24/h11-13H,4-10H2,1-3H3. The van der Waals surface area contributed by atoms with Crippen molar-refractivity contribution in [1.82, 2.24) is 19.8 Å². The van der Waals surface area contributed by atoms with Crippen molar-refractivity contribution in [2.75, 3.05) is 46.4 Å². The summed E-state index contributed by atoms with van der Waals surface area (Å²) in [4.78, 5) is 24.2. The number of hydrogen-bond acceptors (Lipinski definition) is 6. The second-order valence-corrected chi connectivity index (χ2v) is 6.53. The van der Waals surface area contributed by atoms with Crippen LogP contribution in [0.25, 0.3) is 10.9 Å². The zero-order valence-corrected chi connectivity index (χ0v) is 15.7.